The molecule has 0 radical (unpaired) electrons. The van der Waals surface area contributed by atoms with Crippen molar-refractivity contribution in [2.24, 2.45) is 0 Å². The molecule has 0 spiro atoms. The number of aryl methyl sites for hydroxylation is 1. The van der Waals surface area contributed by atoms with Crippen LogP contribution in [-0.2, 0) is 11.3 Å². The largest absolute Gasteiger partial charge is 0.460 e. The van der Waals surface area contributed by atoms with Gasteiger partial charge in [-0.3, -0.25) is 0 Å². The summed E-state index contributed by atoms with van der Waals surface area (Å²) in [6, 6.07) is 0. The van der Waals surface area contributed by atoms with E-state index in [4.69, 9.17) is 4.74 Å². The van der Waals surface area contributed by atoms with Gasteiger partial charge in [0.15, 0.2) is 0 Å². The molecule has 0 saturated heterocycles. The predicted octanol–water partition coefficient (Wildman–Crippen LogP) is 1.64. The molecule has 0 N–H and O–H groups in total. The smallest absolute Gasteiger partial charge is 0.376 e. The molecule has 1 aromatic heterocycles. The van der Waals surface area contributed by atoms with Crippen LogP contribution in [0.3, 0.4) is 0 Å². The Morgan fingerprint density at radius 2 is 2.00 bits per heavy atom. The molecule has 1 fully saturated rings. The van der Waals surface area contributed by atoms with Gasteiger partial charge in [-0.25, -0.2) is 4.79 Å². The number of likely N-dealkylation sites (N-methyl/N-ethyl adjacent to an activating group) is 1. The highest BCUT2D eigenvalue weighted by Gasteiger charge is 2.38. The Labute approximate surface area is 120 Å². The van der Waals surface area contributed by atoms with Crippen LogP contribution < -0.4 is 0 Å². The van der Waals surface area contributed by atoms with Gasteiger partial charge in [0.2, 0.25) is 5.82 Å². The second-order valence-corrected chi connectivity index (χ2v) is 5.70. The van der Waals surface area contributed by atoms with Crippen LogP contribution in [-0.4, -0.2) is 51.9 Å². The molecule has 0 bridgehead atoms. The normalized spacial score (nSPS) is 17.6. The van der Waals surface area contributed by atoms with E-state index in [1.807, 2.05) is 11.5 Å². The third-order valence-corrected chi connectivity index (χ3v) is 4.33. The fourth-order valence-electron chi connectivity index (χ4n) is 2.99. The number of ether oxygens (including phenoxy) is 1. The van der Waals surface area contributed by atoms with E-state index in [0.29, 0.717) is 12.4 Å². The van der Waals surface area contributed by atoms with Gasteiger partial charge in [0, 0.05) is 12.1 Å². The lowest BCUT2D eigenvalue weighted by Crippen LogP contribution is -2.46. The molecule has 2 rings (SSSR count). The van der Waals surface area contributed by atoms with Crippen molar-refractivity contribution in [3.63, 3.8) is 0 Å². The van der Waals surface area contributed by atoms with E-state index in [-0.39, 0.29) is 11.5 Å². The first-order chi connectivity index (χ1) is 9.50. The third-order valence-electron chi connectivity index (χ3n) is 4.33. The van der Waals surface area contributed by atoms with Crippen LogP contribution in [0, 0.1) is 6.92 Å². The predicted molar refractivity (Wildman–Crippen MR) is 75.6 cm³/mol. The zero-order valence-electron chi connectivity index (χ0n) is 12.8. The number of hydrogen-bond donors (Lipinski definition) is 0. The summed E-state index contributed by atoms with van der Waals surface area (Å²) in [5, 5.41) is 8.03. The zero-order valence-corrected chi connectivity index (χ0v) is 12.8. The van der Waals surface area contributed by atoms with Gasteiger partial charge in [0.1, 0.15) is 5.82 Å². The third kappa shape index (κ3) is 2.70. The van der Waals surface area contributed by atoms with Crippen LogP contribution in [0.4, 0.5) is 0 Å². The van der Waals surface area contributed by atoms with E-state index in [0.717, 1.165) is 25.2 Å². The van der Waals surface area contributed by atoms with Crippen LogP contribution in [0.15, 0.2) is 0 Å². The van der Waals surface area contributed by atoms with E-state index < -0.39 is 0 Å². The first-order valence-electron chi connectivity index (χ1n) is 7.24. The molecule has 1 saturated carbocycles. The molecule has 1 heterocycles. The van der Waals surface area contributed by atoms with Gasteiger partial charge in [0.05, 0.1) is 6.61 Å². The molecular formula is C14H24N4O2. The molecule has 0 aromatic carbocycles. The van der Waals surface area contributed by atoms with Crippen molar-refractivity contribution in [2.75, 3.05) is 20.7 Å². The molecule has 0 amide bonds. The molecule has 1 aliphatic carbocycles. The number of nitrogens with zero attached hydrogens (tertiary/aromatic N) is 4. The molecular weight excluding hydrogens is 256 g/mol. The van der Waals surface area contributed by atoms with Gasteiger partial charge in [-0.2, -0.15) is 0 Å². The maximum Gasteiger partial charge on any atom is 0.376 e. The summed E-state index contributed by atoms with van der Waals surface area (Å²) in [7, 11) is 4.21. The van der Waals surface area contributed by atoms with Crippen LogP contribution >= 0.6 is 0 Å². The molecule has 0 unspecified atom stereocenters. The lowest BCUT2D eigenvalue weighted by molar-refractivity contribution is 0.0497. The van der Waals surface area contributed by atoms with E-state index in [9.17, 15) is 4.79 Å². The highest BCUT2D eigenvalue weighted by molar-refractivity contribution is 5.85. The highest BCUT2D eigenvalue weighted by atomic mass is 16.5. The number of carbonyl (C=O) groups is 1. The number of aromatic nitrogens is 3. The van der Waals surface area contributed by atoms with E-state index in [2.05, 4.69) is 29.2 Å². The lowest BCUT2D eigenvalue weighted by Gasteiger charge is -2.37. The van der Waals surface area contributed by atoms with E-state index >= 15 is 0 Å². The van der Waals surface area contributed by atoms with Crippen LogP contribution in [0.5, 0.6) is 0 Å². The molecule has 1 aromatic rings. The van der Waals surface area contributed by atoms with Crippen molar-refractivity contribution < 1.29 is 9.53 Å². The Morgan fingerprint density at radius 3 is 2.55 bits per heavy atom. The van der Waals surface area contributed by atoms with Crippen molar-refractivity contribution in [1.82, 2.24) is 19.7 Å². The number of rotatable bonds is 5. The average molecular weight is 280 g/mol. The van der Waals surface area contributed by atoms with Crippen molar-refractivity contribution in [1.29, 1.82) is 0 Å². The number of hydrogen-bond acceptors (Lipinski definition) is 5. The first-order valence-corrected chi connectivity index (χ1v) is 7.24. The summed E-state index contributed by atoms with van der Waals surface area (Å²) in [5.74, 6) is 0.693. The minimum Gasteiger partial charge on any atom is -0.460 e. The molecule has 6 nitrogen and oxygen atoms in total. The van der Waals surface area contributed by atoms with Crippen LogP contribution in [0.1, 0.15) is 49.1 Å². The standard InChI is InChI=1S/C14H24N4O2/c1-5-20-13(19)12-16-15-11(2)18(12)10-14(17(3)4)8-6-7-9-14/h5-10H2,1-4H3. The highest BCUT2D eigenvalue weighted by Crippen LogP contribution is 2.35. The summed E-state index contributed by atoms with van der Waals surface area (Å²) in [5.41, 5.74) is 0.0917. The summed E-state index contributed by atoms with van der Waals surface area (Å²) < 4.78 is 6.97. The van der Waals surface area contributed by atoms with E-state index in [1.165, 1.54) is 12.8 Å². The second kappa shape index (κ2) is 5.91. The summed E-state index contributed by atoms with van der Waals surface area (Å²) in [4.78, 5) is 14.2. The maximum absolute atomic E-state index is 12.0. The second-order valence-electron chi connectivity index (χ2n) is 5.70. The Kier molecular flexibility index (Phi) is 4.42. The molecule has 0 aliphatic heterocycles. The minimum atomic E-state index is -0.389. The van der Waals surface area contributed by atoms with Crippen molar-refractivity contribution in [3.05, 3.63) is 11.6 Å². The van der Waals surface area contributed by atoms with Crippen molar-refractivity contribution in [3.8, 4) is 0 Å². The fraction of sp³-hybridized carbons (Fsp3) is 0.786. The monoisotopic (exact) mass is 280 g/mol. The summed E-state index contributed by atoms with van der Waals surface area (Å²) in [6.45, 7) is 4.77. The van der Waals surface area contributed by atoms with Crippen LogP contribution in [0.25, 0.3) is 0 Å². The SMILES string of the molecule is CCOC(=O)c1nnc(C)n1CC1(N(C)C)CCCC1. The molecule has 112 valence electrons. The van der Waals surface area contributed by atoms with Gasteiger partial charge >= 0.3 is 5.97 Å². The molecule has 0 atom stereocenters. The first kappa shape index (κ1) is 15.0. The molecule has 20 heavy (non-hydrogen) atoms. The quantitative estimate of drug-likeness (QED) is 0.767. The number of carbonyl (C=O) groups excluding carboxylic acids is 1. The Bertz CT molecular complexity index is 476. The number of esters is 1. The van der Waals surface area contributed by atoms with Crippen LogP contribution in [0.2, 0.25) is 0 Å². The zero-order chi connectivity index (χ0) is 14.8. The maximum atomic E-state index is 12.0. The Hall–Kier alpha value is -1.43. The minimum absolute atomic E-state index is 0.0917. The van der Waals surface area contributed by atoms with Gasteiger partial charge in [0.25, 0.3) is 0 Å². The van der Waals surface area contributed by atoms with Gasteiger partial charge in [-0.05, 0) is 40.8 Å². The fourth-order valence-corrected chi connectivity index (χ4v) is 2.99. The summed E-state index contributed by atoms with van der Waals surface area (Å²) >= 11 is 0. The summed E-state index contributed by atoms with van der Waals surface area (Å²) in [6.07, 6.45) is 4.74. The van der Waals surface area contributed by atoms with Crippen molar-refractivity contribution in [2.45, 2.75) is 51.6 Å². The Balaban J connectivity index is 2.28. The van der Waals surface area contributed by atoms with Gasteiger partial charge in [-0.15, -0.1) is 10.2 Å². The average Bonchev–Trinajstić information content (AvgIpc) is 3.00. The van der Waals surface area contributed by atoms with Crippen molar-refractivity contribution >= 4 is 5.97 Å². The van der Waals surface area contributed by atoms with E-state index in [1.54, 1.807) is 6.92 Å². The molecule has 6 heteroatoms. The van der Waals surface area contributed by atoms with Gasteiger partial charge in [-0.1, -0.05) is 12.8 Å². The molecule has 1 aliphatic rings. The topological polar surface area (TPSA) is 60.2 Å². The van der Waals surface area contributed by atoms with Gasteiger partial charge < -0.3 is 14.2 Å². The Morgan fingerprint density at radius 1 is 1.35 bits per heavy atom. The lowest BCUT2D eigenvalue weighted by atomic mass is 9.96.